The van der Waals surface area contributed by atoms with Crippen LogP contribution in [0.5, 0.6) is 0 Å². The molecule has 0 aliphatic rings. The average molecular weight is 220 g/mol. The van der Waals surface area contributed by atoms with Gasteiger partial charge in [-0.15, -0.1) is 0 Å². The molecule has 0 fully saturated rings. The zero-order valence-corrected chi connectivity index (χ0v) is 11.2. The summed E-state index contributed by atoms with van der Waals surface area (Å²) in [4.78, 5) is 6.88. The first-order chi connectivity index (χ1) is 7.41. The third-order valence-corrected chi connectivity index (χ3v) is 2.82. The van der Waals surface area contributed by atoms with Crippen LogP contribution in [0.25, 0.3) is 0 Å². The summed E-state index contributed by atoms with van der Waals surface area (Å²) >= 11 is 0. The van der Waals surface area contributed by atoms with Gasteiger partial charge in [0.25, 0.3) is 0 Å². The van der Waals surface area contributed by atoms with Crippen molar-refractivity contribution in [1.29, 1.82) is 0 Å². The smallest absolute Gasteiger partial charge is 0.0416 e. The van der Waals surface area contributed by atoms with Gasteiger partial charge in [0.05, 0.1) is 0 Å². The quantitative estimate of drug-likeness (QED) is 0.775. The van der Waals surface area contributed by atoms with Crippen molar-refractivity contribution < 1.29 is 0 Å². The van der Waals surface area contributed by atoms with E-state index in [1.165, 1.54) is 5.69 Å². The Balaban J connectivity index is 2.58. The Labute approximate surface area is 99.7 Å². The van der Waals surface area contributed by atoms with E-state index in [1.54, 1.807) is 0 Å². The fraction of sp³-hybridized carbons (Fsp3) is 0.643. The molecule has 0 bridgehead atoms. The van der Waals surface area contributed by atoms with Crippen molar-refractivity contribution in [3.8, 4) is 0 Å². The zero-order chi connectivity index (χ0) is 12.2. The minimum Gasteiger partial charge on any atom is -0.296 e. The predicted molar refractivity (Wildman–Crippen MR) is 69.5 cm³/mol. The molecule has 0 spiro atoms. The fourth-order valence-electron chi connectivity index (χ4n) is 2.15. The molecule has 16 heavy (non-hydrogen) atoms. The van der Waals surface area contributed by atoms with E-state index in [1.807, 2.05) is 12.3 Å². The topological polar surface area (TPSA) is 16.1 Å². The maximum atomic E-state index is 4.37. The third-order valence-electron chi connectivity index (χ3n) is 2.82. The number of nitrogens with zero attached hydrogens (tertiary/aromatic N) is 2. The van der Waals surface area contributed by atoms with Gasteiger partial charge in [-0.05, 0) is 46.8 Å². The minimum atomic E-state index is 0.225. The summed E-state index contributed by atoms with van der Waals surface area (Å²) in [5, 5.41) is 0. The summed E-state index contributed by atoms with van der Waals surface area (Å²) in [6, 6.07) is 6.69. The number of hydrogen-bond acceptors (Lipinski definition) is 2. The van der Waals surface area contributed by atoms with E-state index in [2.05, 4.69) is 56.6 Å². The number of aromatic nitrogens is 1. The second-order valence-electron chi connectivity index (χ2n) is 5.53. The molecule has 1 heterocycles. The van der Waals surface area contributed by atoms with E-state index in [0.717, 1.165) is 13.0 Å². The number of rotatable bonds is 4. The second-order valence-corrected chi connectivity index (χ2v) is 5.53. The van der Waals surface area contributed by atoms with E-state index in [9.17, 15) is 0 Å². The molecule has 1 rings (SSSR count). The van der Waals surface area contributed by atoms with Crippen LogP contribution in [0.15, 0.2) is 24.4 Å². The lowest BCUT2D eigenvalue weighted by molar-refractivity contribution is 0.100. The Morgan fingerprint density at radius 2 is 1.94 bits per heavy atom. The number of pyridine rings is 1. The predicted octanol–water partition coefficient (Wildman–Crippen LogP) is 3.13. The van der Waals surface area contributed by atoms with Crippen LogP contribution < -0.4 is 0 Å². The van der Waals surface area contributed by atoms with Crippen molar-refractivity contribution in [1.82, 2.24) is 9.88 Å². The van der Waals surface area contributed by atoms with Gasteiger partial charge in [-0.25, -0.2) is 0 Å². The highest BCUT2D eigenvalue weighted by molar-refractivity contribution is 5.04. The highest BCUT2D eigenvalue weighted by atomic mass is 15.2. The molecular formula is C14H24N2. The molecule has 0 saturated carbocycles. The minimum absolute atomic E-state index is 0.225. The SMILES string of the molecule is CC(C)N(CCc1ccccn1)C(C)(C)C. The van der Waals surface area contributed by atoms with Crippen molar-refractivity contribution in [3.63, 3.8) is 0 Å². The first-order valence-corrected chi connectivity index (χ1v) is 6.08. The normalized spacial score (nSPS) is 12.4. The Morgan fingerprint density at radius 1 is 1.25 bits per heavy atom. The molecule has 1 aromatic rings. The Bertz CT molecular complexity index is 298. The largest absolute Gasteiger partial charge is 0.296 e. The zero-order valence-electron chi connectivity index (χ0n) is 11.2. The van der Waals surface area contributed by atoms with E-state index in [4.69, 9.17) is 0 Å². The van der Waals surface area contributed by atoms with Crippen LogP contribution in [0.2, 0.25) is 0 Å². The van der Waals surface area contributed by atoms with E-state index in [-0.39, 0.29) is 5.54 Å². The molecule has 2 nitrogen and oxygen atoms in total. The second kappa shape index (κ2) is 5.44. The standard InChI is InChI=1S/C14H24N2/c1-12(2)16(14(3,4)5)11-9-13-8-6-7-10-15-13/h6-8,10,12H,9,11H2,1-5H3. The molecule has 0 amide bonds. The van der Waals surface area contributed by atoms with Gasteiger partial charge in [0, 0.05) is 36.4 Å². The van der Waals surface area contributed by atoms with Crippen LogP contribution >= 0.6 is 0 Å². The summed E-state index contributed by atoms with van der Waals surface area (Å²) in [6.07, 6.45) is 2.89. The monoisotopic (exact) mass is 220 g/mol. The maximum absolute atomic E-state index is 4.37. The van der Waals surface area contributed by atoms with Gasteiger partial charge in [0.2, 0.25) is 0 Å². The van der Waals surface area contributed by atoms with Crippen molar-refractivity contribution in [3.05, 3.63) is 30.1 Å². The Kier molecular flexibility index (Phi) is 4.48. The molecule has 0 saturated heterocycles. The Morgan fingerprint density at radius 3 is 2.38 bits per heavy atom. The van der Waals surface area contributed by atoms with Gasteiger partial charge in [0.15, 0.2) is 0 Å². The van der Waals surface area contributed by atoms with E-state index >= 15 is 0 Å². The van der Waals surface area contributed by atoms with Crippen LogP contribution in [0.4, 0.5) is 0 Å². The highest BCUT2D eigenvalue weighted by Gasteiger charge is 2.23. The van der Waals surface area contributed by atoms with E-state index < -0.39 is 0 Å². The van der Waals surface area contributed by atoms with Gasteiger partial charge >= 0.3 is 0 Å². The molecular weight excluding hydrogens is 196 g/mol. The lowest BCUT2D eigenvalue weighted by Crippen LogP contribution is -2.46. The lowest BCUT2D eigenvalue weighted by Gasteiger charge is -2.39. The van der Waals surface area contributed by atoms with E-state index in [0.29, 0.717) is 6.04 Å². The summed E-state index contributed by atoms with van der Waals surface area (Å²) in [5.41, 5.74) is 1.40. The summed E-state index contributed by atoms with van der Waals surface area (Å²) in [6.45, 7) is 12.4. The van der Waals surface area contributed by atoms with Crippen molar-refractivity contribution in [2.24, 2.45) is 0 Å². The van der Waals surface area contributed by atoms with Gasteiger partial charge < -0.3 is 0 Å². The molecule has 90 valence electrons. The van der Waals surface area contributed by atoms with Gasteiger partial charge in [-0.3, -0.25) is 9.88 Å². The van der Waals surface area contributed by atoms with Crippen molar-refractivity contribution in [2.45, 2.75) is 52.6 Å². The number of hydrogen-bond donors (Lipinski definition) is 0. The van der Waals surface area contributed by atoms with Crippen LogP contribution in [0.3, 0.4) is 0 Å². The van der Waals surface area contributed by atoms with Crippen LogP contribution in [0, 0.1) is 0 Å². The van der Waals surface area contributed by atoms with Crippen LogP contribution in [-0.4, -0.2) is 28.0 Å². The van der Waals surface area contributed by atoms with Crippen LogP contribution in [0.1, 0.15) is 40.3 Å². The third kappa shape index (κ3) is 3.93. The lowest BCUT2D eigenvalue weighted by atomic mass is 10.0. The van der Waals surface area contributed by atoms with Crippen LogP contribution in [-0.2, 0) is 6.42 Å². The molecule has 1 aromatic heterocycles. The fourth-order valence-corrected chi connectivity index (χ4v) is 2.15. The summed E-state index contributed by atoms with van der Waals surface area (Å²) in [5.74, 6) is 0. The molecule has 2 heteroatoms. The summed E-state index contributed by atoms with van der Waals surface area (Å²) in [7, 11) is 0. The molecule has 0 N–H and O–H groups in total. The van der Waals surface area contributed by atoms with Crippen molar-refractivity contribution >= 4 is 0 Å². The first-order valence-electron chi connectivity index (χ1n) is 6.08. The average Bonchev–Trinajstić information content (AvgIpc) is 2.17. The Hall–Kier alpha value is -0.890. The highest BCUT2D eigenvalue weighted by Crippen LogP contribution is 2.17. The molecule has 0 unspecified atom stereocenters. The maximum Gasteiger partial charge on any atom is 0.0416 e. The van der Waals surface area contributed by atoms with Gasteiger partial charge in [-0.2, -0.15) is 0 Å². The summed E-state index contributed by atoms with van der Waals surface area (Å²) < 4.78 is 0. The molecule has 0 aromatic carbocycles. The van der Waals surface area contributed by atoms with Gasteiger partial charge in [-0.1, -0.05) is 6.07 Å². The molecule has 0 atom stereocenters. The molecule has 0 radical (unpaired) electrons. The molecule has 0 aliphatic carbocycles. The van der Waals surface area contributed by atoms with Crippen molar-refractivity contribution in [2.75, 3.05) is 6.54 Å². The first kappa shape index (κ1) is 13.2. The van der Waals surface area contributed by atoms with Gasteiger partial charge in [0.1, 0.15) is 0 Å². The molecule has 0 aliphatic heterocycles.